The van der Waals surface area contributed by atoms with Crippen molar-refractivity contribution in [1.29, 1.82) is 5.26 Å². The van der Waals surface area contributed by atoms with Crippen LogP contribution in [-0.4, -0.2) is 36.4 Å². The van der Waals surface area contributed by atoms with Crippen molar-refractivity contribution in [2.24, 2.45) is 0 Å². The first-order valence-corrected chi connectivity index (χ1v) is 9.34. The number of benzene rings is 2. The Labute approximate surface area is 173 Å². The van der Waals surface area contributed by atoms with Crippen LogP contribution in [0.2, 0.25) is 10.0 Å². The largest absolute Gasteiger partial charge is 0.484 e. The summed E-state index contributed by atoms with van der Waals surface area (Å²) in [5.74, 6) is -0.214. The molecule has 0 bridgehead atoms. The summed E-state index contributed by atoms with van der Waals surface area (Å²) in [5.41, 5.74) is 0.928. The van der Waals surface area contributed by atoms with E-state index in [2.05, 4.69) is 5.32 Å². The van der Waals surface area contributed by atoms with E-state index in [0.717, 1.165) is 0 Å². The third kappa shape index (κ3) is 6.45. The molecule has 1 N–H and O–H groups in total. The van der Waals surface area contributed by atoms with Crippen LogP contribution >= 0.6 is 23.2 Å². The van der Waals surface area contributed by atoms with Crippen molar-refractivity contribution in [1.82, 2.24) is 4.90 Å². The summed E-state index contributed by atoms with van der Waals surface area (Å²) in [6.07, 6.45) is 0.692. The van der Waals surface area contributed by atoms with Gasteiger partial charge in [-0.25, -0.2) is 0 Å². The minimum atomic E-state index is -0.371. The number of carbonyl (C=O) groups excluding carboxylic acids is 2. The van der Waals surface area contributed by atoms with Gasteiger partial charge in [0.1, 0.15) is 5.75 Å². The van der Waals surface area contributed by atoms with Crippen molar-refractivity contribution < 1.29 is 14.3 Å². The molecule has 0 unspecified atom stereocenters. The maximum atomic E-state index is 12.5. The van der Waals surface area contributed by atoms with Crippen LogP contribution in [0, 0.1) is 11.3 Å². The number of halogens is 2. The molecule has 0 radical (unpaired) electrons. The molecular formula is C20H19Cl2N3O3. The maximum Gasteiger partial charge on any atom is 0.260 e. The van der Waals surface area contributed by atoms with E-state index < -0.39 is 0 Å². The first-order valence-electron chi connectivity index (χ1n) is 8.58. The van der Waals surface area contributed by atoms with Crippen molar-refractivity contribution in [2.45, 2.75) is 13.3 Å². The Kier molecular flexibility index (Phi) is 8.12. The second-order valence-corrected chi connectivity index (χ2v) is 6.76. The first kappa shape index (κ1) is 21.5. The Morgan fingerprint density at radius 3 is 2.50 bits per heavy atom. The van der Waals surface area contributed by atoms with Crippen molar-refractivity contribution in [2.75, 3.05) is 25.0 Å². The zero-order valence-electron chi connectivity index (χ0n) is 15.2. The molecule has 6 nitrogen and oxygen atoms in total. The summed E-state index contributed by atoms with van der Waals surface area (Å²) in [7, 11) is 0. The Morgan fingerprint density at radius 2 is 1.89 bits per heavy atom. The van der Waals surface area contributed by atoms with E-state index in [9.17, 15) is 9.59 Å². The van der Waals surface area contributed by atoms with E-state index >= 15 is 0 Å². The van der Waals surface area contributed by atoms with E-state index in [1.807, 2.05) is 13.0 Å². The van der Waals surface area contributed by atoms with E-state index in [-0.39, 0.29) is 25.0 Å². The molecule has 0 aliphatic heterocycles. The highest BCUT2D eigenvalue weighted by Gasteiger charge is 2.18. The Morgan fingerprint density at radius 1 is 1.18 bits per heavy atom. The van der Waals surface area contributed by atoms with Gasteiger partial charge in [0.15, 0.2) is 6.61 Å². The van der Waals surface area contributed by atoms with E-state index in [1.54, 1.807) is 36.4 Å². The maximum absolute atomic E-state index is 12.5. The van der Waals surface area contributed by atoms with E-state index in [0.29, 0.717) is 40.0 Å². The van der Waals surface area contributed by atoms with Crippen LogP contribution in [-0.2, 0) is 9.59 Å². The van der Waals surface area contributed by atoms with Gasteiger partial charge >= 0.3 is 0 Å². The fourth-order valence-corrected chi connectivity index (χ4v) is 2.83. The molecule has 0 aliphatic carbocycles. The van der Waals surface area contributed by atoms with Crippen molar-refractivity contribution in [3.8, 4) is 11.8 Å². The number of nitrogens with one attached hydrogen (secondary N) is 1. The molecule has 2 rings (SSSR count). The predicted molar refractivity (Wildman–Crippen MR) is 109 cm³/mol. The number of nitrogens with zero attached hydrogens (tertiary/aromatic N) is 2. The van der Waals surface area contributed by atoms with Gasteiger partial charge in [-0.05, 0) is 48.9 Å². The Hall–Kier alpha value is -2.75. The van der Waals surface area contributed by atoms with Crippen LogP contribution in [0.1, 0.15) is 18.9 Å². The molecule has 0 heterocycles. The first-order chi connectivity index (χ1) is 13.4. The molecule has 0 atom stereocenters. The van der Waals surface area contributed by atoms with Gasteiger partial charge < -0.3 is 15.0 Å². The average molecular weight is 420 g/mol. The van der Waals surface area contributed by atoms with E-state index in [1.165, 1.54) is 11.0 Å². The number of ether oxygens (including phenoxy) is 1. The molecule has 0 fully saturated rings. The molecule has 0 aliphatic rings. The van der Waals surface area contributed by atoms with Crippen LogP contribution in [0.15, 0.2) is 42.5 Å². The Balaban J connectivity index is 1.93. The van der Waals surface area contributed by atoms with Gasteiger partial charge in [-0.3, -0.25) is 9.59 Å². The lowest BCUT2D eigenvalue weighted by Gasteiger charge is -2.22. The van der Waals surface area contributed by atoms with Crippen LogP contribution in [0.5, 0.6) is 5.75 Å². The quantitative estimate of drug-likeness (QED) is 0.697. The number of hydrogen-bond donors (Lipinski definition) is 1. The van der Waals surface area contributed by atoms with Crippen molar-refractivity contribution in [3.63, 3.8) is 0 Å². The smallest absolute Gasteiger partial charge is 0.260 e. The molecule has 0 saturated heterocycles. The summed E-state index contributed by atoms with van der Waals surface area (Å²) in [5, 5.41) is 12.2. The molecule has 0 aromatic heterocycles. The fraction of sp³-hybridized carbons (Fsp3) is 0.250. The zero-order chi connectivity index (χ0) is 20.5. The number of carbonyl (C=O) groups is 2. The molecule has 146 valence electrons. The molecule has 2 aromatic carbocycles. The summed E-state index contributed by atoms with van der Waals surface area (Å²) < 4.78 is 5.46. The normalized spacial score (nSPS) is 10.1. The molecule has 2 amide bonds. The number of hydrogen-bond acceptors (Lipinski definition) is 4. The number of nitriles is 1. The summed E-state index contributed by atoms with van der Waals surface area (Å²) >= 11 is 11.9. The lowest BCUT2D eigenvalue weighted by atomic mass is 10.2. The molecule has 2 aromatic rings. The lowest BCUT2D eigenvalue weighted by molar-refractivity contribution is -0.136. The Bertz CT molecular complexity index is 879. The topological polar surface area (TPSA) is 82.4 Å². The van der Waals surface area contributed by atoms with Gasteiger partial charge in [-0.2, -0.15) is 5.26 Å². The standard InChI is InChI=1S/C20H19Cl2N3O3/c1-2-9-25(12-19(26)24-18-8-5-15(21)10-17(18)22)20(27)13-28-16-6-3-14(11-23)4-7-16/h3-8,10H,2,9,12-13H2,1H3,(H,24,26). The van der Waals surface area contributed by atoms with Crippen molar-refractivity contribution in [3.05, 3.63) is 58.1 Å². The fourth-order valence-electron chi connectivity index (χ4n) is 2.38. The summed E-state index contributed by atoms with van der Waals surface area (Å²) in [6.45, 7) is 2.00. The lowest BCUT2D eigenvalue weighted by Crippen LogP contribution is -2.41. The monoisotopic (exact) mass is 419 g/mol. The van der Waals surface area contributed by atoms with Gasteiger partial charge in [0.05, 0.1) is 28.9 Å². The third-order valence-electron chi connectivity index (χ3n) is 3.73. The van der Waals surface area contributed by atoms with Crippen LogP contribution < -0.4 is 10.1 Å². The predicted octanol–water partition coefficient (Wildman–Crippen LogP) is 4.12. The molecular weight excluding hydrogens is 401 g/mol. The second kappa shape index (κ2) is 10.5. The van der Waals surface area contributed by atoms with Crippen LogP contribution in [0.25, 0.3) is 0 Å². The van der Waals surface area contributed by atoms with Gasteiger partial charge in [0.2, 0.25) is 5.91 Å². The minimum absolute atomic E-state index is 0.123. The highest BCUT2D eigenvalue weighted by molar-refractivity contribution is 6.36. The SMILES string of the molecule is CCCN(CC(=O)Nc1ccc(Cl)cc1Cl)C(=O)COc1ccc(C#N)cc1. The van der Waals surface area contributed by atoms with Crippen LogP contribution in [0.4, 0.5) is 5.69 Å². The van der Waals surface area contributed by atoms with E-state index in [4.69, 9.17) is 33.2 Å². The summed E-state index contributed by atoms with van der Waals surface area (Å²) in [6, 6.07) is 13.2. The second-order valence-electron chi connectivity index (χ2n) is 5.91. The van der Waals surface area contributed by atoms with Gasteiger partial charge in [0, 0.05) is 11.6 Å². The highest BCUT2D eigenvalue weighted by Crippen LogP contribution is 2.25. The third-order valence-corrected chi connectivity index (χ3v) is 4.28. The molecule has 28 heavy (non-hydrogen) atoms. The number of anilines is 1. The average Bonchev–Trinajstić information content (AvgIpc) is 2.68. The van der Waals surface area contributed by atoms with Gasteiger partial charge in [-0.1, -0.05) is 30.1 Å². The van der Waals surface area contributed by atoms with Gasteiger partial charge in [0.25, 0.3) is 5.91 Å². The molecule has 8 heteroatoms. The van der Waals surface area contributed by atoms with Gasteiger partial charge in [-0.15, -0.1) is 0 Å². The number of amides is 2. The molecule has 0 spiro atoms. The summed E-state index contributed by atoms with van der Waals surface area (Å²) in [4.78, 5) is 26.2. The van der Waals surface area contributed by atoms with Crippen molar-refractivity contribution >= 4 is 40.7 Å². The zero-order valence-corrected chi connectivity index (χ0v) is 16.8. The highest BCUT2D eigenvalue weighted by atomic mass is 35.5. The van der Waals surface area contributed by atoms with Crippen LogP contribution in [0.3, 0.4) is 0 Å². The number of rotatable bonds is 8. The minimum Gasteiger partial charge on any atom is -0.484 e. The molecule has 0 saturated carbocycles.